The molecule has 3 nitrogen and oxygen atoms in total. The van der Waals surface area contributed by atoms with Crippen molar-refractivity contribution in [3.05, 3.63) is 83.7 Å². The first-order valence-corrected chi connectivity index (χ1v) is 18.2. The van der Waals surface area contributed by atoms with Crippen molar-refractivity contribution in [1.82, 2.24) is 0 Å². The molecule has 0 aromatic heterocycles. The molecular weight excluding hydrogens is 452 g/mol. The molecule has 0 fully saturated rings. The molecule has 0 heterocycles. The van der Waals surface area contributed by atoms with Crippen LogP contribution in [0.3, 0.4) is 0 Å². The summed E-state index contributed by atoms with van der Waals surface area (Å²) in [7, 11) is -3.79. The van der Waals surface area contributed by atoms with Gasteiger partial charge in [0.2, 0.25) is 0 Å². The zero-order valence-electron chi connectivity index (χ0n) is 22.0. The predicted molar refractivity (Wildman–Crippen MR) is 149 cm³/mol. The van der Waals surface area contributed by atoms with Gasteiger partial charge in [0.05, 0.1) is 18.8 Å². The number of carbonyl (C=O) groups excluding carboxylic acids is 1. The number of rotatable bonds is 12. The minimum absolute atomic E-state index is 0.0547. The van der Waals surface area contributed by atoms with E-state index in [1.54, 1.807) is 0 Å². The molecule has 0 N–H and O–H groups in total. The van der Waals surface area contributed by atoms with E-state index in [0.29, 0.717) is 19.4 Å². The minimum atomic E-state index is -2.07. The van der Waals surface area contributed by atoms with E-state index < -0.39 is 16.4 Å². The van der Waals surface area contributed by atoms with Gasteiger partial charge in [-0.2, -0.15) is 0 Å². The zero-order chi connectivity index (χ0) is 25.2. The summed E-state index contributed by atoms with van der Waals surface area (Å²) in [5, 5.41) is 1.44. The van der Waals surface area contributed by atoms with E-state index in [9.17, 15) is 4.79 Å². The molecular formula is C29H42O3Si2. The molecule has 0 saturated heterocycles. The molecule has 184 valence electrons. The fourth-order valence-electron chi connectivity index (χ4n) is 3.43. The Kier molecular flexibility index (Phi) is 10.5. The number of aldehydes is 1. The Hall–Kier alpha value is -2.02. The second kappa shape index (κ2) is 12.6. The van der Waals surface area contributed by atoms with Crippen molar-refractivity contribution >= 4 is 27.9 Å². The summed E-state index contributed by atoms with van der Waals surface area (Å²) < 4.78 is 13.1. The van der Waals surface area contributed by atoms with Gasteiger partial charge in [0.1, 0.15) is 14.4 Å². The summed E-state index contributed by atoms with van der Waals surface area (Å²) in [5.41, 5.74) is 6.79. The molecule has 34 heavy (non-hydrogen) atoms. The van der Waals surface area contributed by atoms with Crippen LogP contribution in [-0.4, -0.2) is 34.9 Å². The van der Waals surface area contributed by atoms with Crippen molar-refractivity contribution in [2.45, 2.75) is 83.7 Å². The summed E-state index contributed by atoms with van der Waals surface area (Å²) in [6.07, 6.45) is 3.49. The lowest BCUT2D eigenvalue weighted by atomic mass is 10.1. The summed E-state index contributed by atoms with van der Waals surface area (Å²) in [5.74, 6) is 0. The molecule has 0 bridgehead atoms. The highest BCUT2D eigenvalue weighted by atomic mass is 28.4. The number of hydrogen-bond acceptors (Lipinski definition) is 3. The molecule has 2 aromatic rings. The van der Waals surface area contributed by atoms with Gasteiger partial charge in [-0.1, -0.05) is 99.7 Å². The number of hydrogen-bond donors (Lipinski definition) is 0. The Morgan fingerprint density at radius 2 is 1.47 bits per heavy atom. The monoisotopic (exact) mass is 494 g/mol. The summed E-state index contributed by atoms with van der Waals surface area (Å²) in [6, 6.07) is 20.8. The van der Waals surface area contributed by atoms with Crippen LogP contribution in [0.15, 0.2) is 78.2 Å². The molecule has 0 radical (unpaired) electrons. The molecule has 0 amide bonds. The number of carbonyl (C=O) groups is 1. The first-order chi connectivity index (χ1) is 16.0. The first kappa shape index (κ1) is 28.2. The average Bonchev–Trinajstić information content (AvgIpc) is 2.79. The van der Waals surface area contributed by atoms with Crippen molar-refractivity contribution < 1.29 is 14.0 Å². The van der Waals surface area contributed by atoms with Gasteiger partial charge in [0, 0.05) is 12.8 Å². The Balaban J connectivity index is 2.24. The van der Waals surface area contributed by atoms with E-state index in [-0.39, 0.29) is 17.2 Å². The van der Waals surface area contributed by atoms with E-state index in [2.05, 4.69) is 107 Å². The Morgan fingerprint density at radius 3 is 2.03 bits per heavy atom. The van der Waals surface area contributed by atoms with E-state index in [1.165, 1.54) is 5.19 Å². The van der Waals surface area contributed by atoms with Gasteiger partial charge >= 0.3 is 0 Å². The summed E-state index contributed by atoms with van der Waals surface area (Å²) >= 11 is 0. The Morgan fingerprint density at radius 1 is 0.882 bits per heavy atom. The molecule has 0 aliphatic rings. The molecule has 0 aliphatic carbocycles. The molecule has 2 rings (SSSR count). The lowest BCUT2D eigenvalue weighted by Gasteiger charge is -2.40. The maximum atomic E-state index is 11.6. The maximum absolute atomic E-state index is 11.6. The van der Waals surface area contributed by atoms with Crippen LogP contribution < -0.4 is 5.19 Å². The third-order valence-corrected chi connectivity index (χ3v) is 13.9. The molecule has 2 aromatic carbocycles. The standard InChI is InChI=1S/C29H42O3Si2/c1-29(2,3)34(6,7)32-28(21-22-30)27(31-24-25-16-10-8-11-17-25)20-14-15-23-33(4,5)26-18-12-9-13-19-26/h8-14,16-19,22-23,27-28H,20-21,24H2,1-7H3/t15?,27-,28+/m1/s1. The van der Waals surface area contributed by atoms with Crippen LogP contribution in [0.5, 0.6) is 0 Å². The second-order valence-electron chi connectivity index (χ2n) is 11.0. The average molecular weight is 495 g/mol. The van der Waals surface area contributed by atoms with Crippen LogP contribution in [0.4, 0.5) is 0 Å². The van der Waals surface area contributed by atoms with Crippen molar-refractivity contribution in [1.29, 1.82) is 0 Å². The third kappa shape index (κ3) is 8.64. The molecule has 0 aliphatic heterocycles. The number of benzene rings is 2. The highest BCUT2D eigenvalue weighted by Gasteiger charge is 2.40. The van der Waals surface area contributed by atoms with E-state index >= 15 is 0 Å². The van der Waals surface area contributed by atoms with Crippen LogP contribution in [0.25, 0.3) is 0 Å². The van der Waals surface area contributed by atoms with Gasteiger partial charge in [-0.3, -0.25) is 0 Å². The smallest absolute Gasteiger partial charge is 0.192 e. The van der Waals surface area contributed by atoms with Gasteiger partial charge in [-0.05, 0) is 35.5 Å². The molecule has 0 saturated carbocycles. The van der Waals surface area contributed by atoms with E-state index in [0.717, 1.165) is 11.8 Å². The summed E-state index contributed by atoms with van der Waals surface area (Å²) in [6.45, 7) is 16.2. The lowest BCUT2D eigenvalue weighted by molar-refractivity contribution is -0.112. The predicted octanol–water partition coefficient (Wildman–Crippen LogP) is 6.81. The van der Waals surface area contributed by atoms with Crippen LogP contribution in [-0.2, 0) is 20.6 Å². The van der Waals surface area contributed by atoms with E-state index in [1.807, 2.05) is 18.2 Å². The van der Waals surface area contributed by atoms with Crippen LogP contribution >= 0.6 is 0 Å². The molecule has 5 heteroatoms. The quantitative estimate of drug-likeness (QED) is 0.185. The van der Waals surface area contributed by atoms with Crippen molar-refractivity contribution in [3.63, 3.8) is 0 Å². The Bertz CT molecular complexity index is 940. The first-order valence-electron chi connectivity index (χ1n) is 12.2. The largest absolute Gasteiger partial charge is 0.411 e. The van der Waals surface area contributed by atoms with Crippen LogP contribution in [0.1, 0.15) is 39.2 Å². The van der Waals surface area contributed by atoms with Gasteiger partial charge in [-0.25, -0.2) is 0 Å². The Labute approximate surface area is 209 Å². The van der Waals surface area contributed by atoms with Gasteiger partial charge in [0.25, 0.3) is 0 Å². The molecule has 0 spiro atoms. The highest BCUT2D eigenvalue weighted by Crippen LogP contribution is 2.38. The van der Waals surface area contributed by atoms with E-state index in [4.69, 9.17) is 9.16 Å². The van der Waals surface area contributed by atoms with Gasteiger partial charge in [0.15, 0.2) is 8.32 Å². The zero-order valence-corrected chi connectivity index (χ0v) is 24.0. The normalized spacial score (nSPS) is 14.1. The molecule has 2 atom stereocenters. The topological polar surface area (TPSA) is 35.5 Å². The van der Waals surface area contributed by atoms with Gasteiger partial charge < -0.3 is 14.0 Å². The molecule has 0 unspecified atom stereocenters. The summed E-state index contributed by atoms with van der Waals surface area (Å²) in [4.78, 5) is 11.6. The maximum Gasteiger partial charge on any atom is 0.192 e. The SMILES string of the molecule is CC(C)(C)[Si](C)(C)O[C@@H](CC=O)[C@@H](CC=C=C[Si](C)(C)c1ccccc1)OCc1ccccc1. The van der Waals surface area contributed by atoms with Gasteiger partial charge in [-0.15, -0.1) is 5.73 Å². The van der Waals surface area contributed by atoms with Crippen LogP contribution in [0, 0.1) is 0 Å². The number of ether oxygens (including phenoxy) is 1. The fourth-order valence-corrected chi connectivity index (χ4v) is 6.54. The lowest BCUT2D eigenvalue weighted by Crippen LogP contribution is -2.47. The highest BCUT2D eigenvalue weighted by molar-refractivity contribution is 6.93. The van der Waals surface area contributed by atoms with Crippen molar-refractivity contribution in [2.75, 3.05) is 0 Å². The van der Waals surface area contributed by atoms with Crippen molar-refractivity contribution in [3.8, 4) is 0 Å². The van der Waals surface area contributed by atoms with Crippen molar-refractivity contribution in [2.24, 2.45) is 0 Å². The second-order valence-corrected chi connectivity index (χ2v) is 20.1. The fraction of sp³-hybridized carbons (Fsp3) is 0.448. The van der Waals surface area contributed by atoms with Crippen LogP contribution in [0.2, 0.25) is 31.2 Å². The minimum Gasteiger partial charge on any atom is -0.411 e. The third-order valence-electron chi connectivity index (χ3n) is 6.73.